The number of benzene rings is 2. The van der Waals surface area contributed by atoms with Crippen molar-refractivity contribution in [1.29, 1.82) is 0 Å². The highest BCUT2D eigenvalue weighted by molar-refractivity contribution is 6.25. The predicted octanol–water partition coefficient (Wildman–Crippen LogP) is 3.70. The summed E-state index contributed by atoms with van der Waals surface area (Å²) < 4.78 is 5.19. The zero-order chi connectivity index (χ0) is 24.1. The summed E-state index contributed by atoms with van der Waals surface area (Å²) in [5, 5.41) is 8.82. The van der Waals surface area contributed by atoms with Crippen LogP contribution in [0.3, 0.4) is 0 Å². The fourth-order valence-electron chi connectivity index (χ4n) is 3.41. The van der Waals surface area contributed by atoms with Crippen LogP contribution in [0.4, 0.5) is 11.4 Å². The number of esters is 1. The van der Waals surface area contributed by atoms with E-state index in [4.69, 9.17) is 4.74 Å². The minimum atomic E-state index is -0.580. The number of hydrogen-bond acceptors (Lipinski definition) is 6. The van der Waals surface area contributed by atoms with Crippen molar-refractivity contribution in [3.8, 4) is 0 Å². The molecule has 3 N–H and O–H groups in total. The van der Waals surface area contributed by atoms with E-state index < -0.39 is 11.9 Å². The largest absolute Gasteiger partial charge is 0.462 e. The number of fused-ring (bicyclic) bond motifs is 1. The molecule has 8 nitrogen and oxygen atoms in total. The molecule has 34 heavy (non-hydrogen) atoms. The summed E-state index contributed by atoms with van der Waals surface area (Å²) >= 11 is 0. The maximum absolute atomic E-state index is 12.7. The number of para-hydroxylation sites is 2. The molecule has 2 aliphatic rings. The van der Waals surface area contributed by atoms with Gasteiger partial charge >= 0.3 is 5.97 Å². The van der Waals surface area contributed by atoms with Crippen LogP contribution in [-0.2, 0) is 14.3 Å². The first-order valence-electron chi connectivity index (χ1n) is 11.2. The van der Waals surface area contributed by atoms with Gasteiger partial charge in [-0.1, -0.05) is 24.3 Å². The van der Waals surface area contributed by atoms with E-state index in [9.17, 15) is 14.4 Å². The van der Waals surface area contributed by atoms with E-state index in [1.807, 2.05) is 18.2 Å². The van der Waals surface area contributed by atoms with Crippen molar-refractivity contribution < 1.29 is 19.1 Å². The second-order valence-electron chi connectivity index (χ2n) is 8.02. The summed E-state index contributed by atoms with van der Waals surface area (Å²) in [4.78, 5) is 42.0. The van der Waals surface area contributed by atoms with Crippen LogP contribution in [0.1, 0.15) is 42.6 Å². The first-order chi connectivity index (χ1) is 16.4. The number of allylic oxidation sites excluding steroid dienone is 1. The van der Waals surface area contributed by atoms with Gasteiger partial charge in [0.2, 0.25) is 5.91 Å². The number of anilines is 1. The van der Waals surface area contributed by atoms with Crippen LogP contribution < -0.4 is 16.0 Å². The topological polar surface area (TPSA) is 109 Å². The summed E-state index contributed by atoms with van der Waals surface area (Å²) in [6.45, 7) is 3.64. The molecule has 0 spiro atoms. The van der Waals surface area contributed by atoms with Gasteiger partial charge in [0, 0.05) is 23.4 Å². The number of nitrogens with one attached hydrogen (secondary N) is 3. The first kappa shape index (κ1) is 23.0. The Kier molecular flexibility index (Phi) is 6.87. The van der Waals surface area contributed by atoms with E-state index in [1.54, 1.807) is 50.3 Å². The summed E-state index contributed by atoms with van der Waals surface area (Å²) in [6, 6.07) is 14.6. The number of nitrogens with zero attached hydrogens (tertiary/aromatic N) is 1. The number of ether oxygens (including phenoxy) is 1. The average molecular weight is 459 g/mol. The minimum absolute atomic E-state index is 0.0929. The molecule has 0 bridgehead atoms. The highest BCUT2D eigenvalue weighted by Crippen LogP contribution is 2.30. The lowest BCUT2D eigenvalue weighted by Gasteiger charge is -2.12. The van der Waals surface area contributed by atoms with Crippen molar-refractivity contribution in [2.24, 2.45) is 4.99 Å². The van der Waals surface area contributed by atoms with Crippen molar-refractivity contribution in [3.63, 3.8) is 0 Å². The highest BCUT2D eigenvalue weighted by Gasteiger charge is 2.26. The number of carbonyl (C=O) groups is 3. The van der Waals surface area contributed by atoms with E-state index in [2.05, 4.69) is 20.9 Å². The summed E-state index contributed by atoms with van der Waals surface area (Å²) in [5.74, 6) is -1.02. The molecule has 0 unspecified atom stereocenters. The highest BCUT2D eigenvalue weighted by atomic mass is 16.5. The molecule has 1 aliphatic carbocycles. The molecular weight excluding hydrogens is 432 g/mol. The van der Waals surface area contributed by atoms with Gasteiger partial charge in [-0.15, -0.1) is 0 Å². The first-order valence-corrected chi connectivity index (χ1v) is 11.2. The van der Waals surface area contributed by atoms with Crippen molar-refractivity contribution in [2.75, 3.05) is 11.9 Å². The van der Waals surface area contributed by atoms with Gasteiger partial charge in [0.05, 0.1) is 18.0 Å². The maximum atomic E-state index is 12.7. The lowest BCUT2D eigenvalue weighted by molar-refractivity contribution is -0.137. The van der Waals surface area contributed by atoms with E-state index in [0.717, 1.165) is 18.4 Å². The molecule has 0 saturated heterocycles. The van der Waals surface area contributed by atoms with Crippen molar-refractivity contribution in [2.45, 2.75) is 32.7 Å². The molecule has 1 heterocycles. The molecule has 0 atom stereocenters. The molecule has 0 radical (unpaired) electrons. The SMILES string of the molecule is CCOC(=O)C1=C(C)Nc2ccccc2N=C1NC(=O)/C=C/c1ccc(C(=O)NC2CC2)cc1. The van der Waals surface area contributed by atoms with Gasteiger partial charge in [-0.2, -0.15) is 0 Å². The summed E-state index contributed by atoms with van der Waals surface area (Å²) in [5.41, 5.74) is 3.31. The number of amides is 2. The normalized spacial score (nSPS) is 15.1. The quantitative estimate of drug-likeness (QED) is 0.452. The fourth-order valence-corrected chi connectivity index (χ4v) is 3.41. The Bertz CT molecular complexity index is 1210. The van der Waals surface area contributed by atoms with Gasteiger partial charge in [0.25, 0.3) is 5.91 Å². The average Bonchev–Trinajstić information content (AvgIpc) is 3.64. The molecular formula is C26H26N4O4. The van der Waals surface area contributed by atoms with Crippen LogP contribution in [-0.4, -0.2) is 36.3 Å². The fraction of sp³-hybridized carbons (Fsp3) is 0.231. The molecule has 174 valence electrons. The van der Waals surface area contributed by atoms with Crippen LogP contribution in [0.5, 0.6) is 0 Å². The molecule has 8 heteroatoms. The monoisotopic (exact) mass is 458 g/mol. The standard InChI is InChI=1S/C26H26N4O4/c1-3-34-26(33)23-16(2)27-20-6-4-5-7-21(20)29-24(23)30-22(31)15-10-17-8-11-18(12-9-17)25(32)28-19-13-14-19/h4-12,15,19,27H,3,13-14H2,1-2H3,(H,28,32)(H,29,30,31)/b15-10+. The third kappa shape index (κ3) is 5.58. The number of carbonyl (C=O) groups excluding carboxylic acids is 3. The van der Waals surface area contributed by atoms with E-state index >= 15 is 0 Å². The summed E-state index contributed by atoms with van der Waals surface area (Å²) in [6.07, 6.45) is 5.04. The smallest absolute Gasteiger partial charge is 0.343 e. The lowest BCUT2D eigenvalue weighted by atomic mass is 10.1. The zero-order valence-corrected chi connectivity index (χ0v) is 19.1. The number of aliphatic imine (C=N–C) groups is 1. The molecule has 1 aliphatic heterocycles. The van der Waals surface area contributed by atoms with Gasteiger partial charge in [0.15, 0.2) is 0 Å². The number of hydrogen-bond donors (Lipinski definition) is 3. The maximum Gasteiger partial charge on any atom is 0.343 e. The second-order valence-corrected chi connectivity index (χ2v) is 8.02. The van der Waals surface area contributed by atoms with Crippen molar-refractivity contribution in [3.05, 3.63) is 77.0 Å². The Morgan fingerprint density at radius 2 is 1.85 bits per heavy atom. The van der Waals surface area contributed by atoms with Gasteiger partial charge in [0.1, 0.15) is 11.4 Å². The second kappa shape index (κ2) is 10.2. The van der Waals surface area contributed by atoms with Crippen LogP contribution >= 0.6 is 0 Å². The molecule has 4 rings (SSSR count). The minimum Gasteiger partial charge on any atom is -0.462 e. The lowest BCUT2D eigenvalue weighted by Crippen LogP contribution is -2.34. The molecule has 2 amide bonds. The molecule has 1 saturated carbocycles. The predicted molar refractivity (Wildman–Crippen MR) is 131 cm³/mol. The molecule has 0 aromatic heterocycles. The molecule has 2 aromatic carbocycles. The van der Waals surface area contributed by atoms with E-state index in [-0.39, 0.29) is 23.9 Å². The Hall–Kier alpha value is -4.20. The van der Waals surface area contributed by atoms with E-state index in [1.165, 1.54) is 6.08 Å². The van der Waals surface area contributed by atoms with Gasteiger partial charge in [-0.25, -0.2) is 9.79 Å². The Morgan fingerprint density at radius 3 is 2.56 bits per heavy atom. The number of rotatable bonds is 6. The summed E-state index contributed by atoms with van der Waals surface area (Å²) in [7, 11) is 0. The van der Waals surface area contributed by atoms with Crippen LogP contribution in [0.15, 0.2) is 70.9 Å². The number of amidine groups is 1. The van der Waals surface area contributed by atoms with Crippen LogP contribution in [0.25, 0.3) is 6.08 Å². The Morgan fingerprint density at radius 1 is 1.12 bits per heavy atom. The molecule has 1 fully saturated rings. The van der Waals surface area contributed by atoms with Crippen molar-refractivity contribution >= 4 is 41.1 Å². The van der Waals surface area contributed by atoms with Gasteiger partial charge in [-0.05, 0) is 62.6 Å². The van der Waals surface area contributed by atoms with Crippen LogP contribution in [0, 0.1) is 0 Å². The van der Waals surface area contributed by atoms with Crippen molar-refractivity contribution in [1.82, 2.24) is 10.6 Å². The van der Waals surface area contributed by atoms with Crippen LogP contribution in [0.2, 0.25) is 0 Å². The Balaban J connectivity index is 1.50. The van der Waals surface area contributed by atoms with E-state index in [0.29, 0.717) is 28.7 Å². The third-order valence-electron chi connectivity index (χ3n) is 5.30. The van der Waals surface area contributed by atoms with Gasteiger partial charge in [-0.3, -0.25) is 9.59 Å². The molecule has 2 aromatic rings. The third-order valence-corrected chi connectivity index (χ3v) is 5.30. The Labute approximate surface area is 197 Å². The zero-order valence-electron chi connectivity index (χ0n) is 19.1. The van der Waals surface area contributed by atoms with Gasteiger partial charge < -0.3 is 20.7 Å².